The van der Waals surface area contributed by atoms with Gasteiger partial charge in [-0.2, -0.15) is 5.10 Å². The van der Waals surface area contributed by atoms with Crippen LogP contribution in [0.3, 0.4) is 0 Å². The highest BCUT2D eigenvalue weighted by Gasteiger charge is 2.09. The SMILES string of the molecule is CC(C)n1ncc2cnc(Nc3ccc4ccn(/C=C\F)c4n3)cc21. The number of nitrogens with zero attached hydrogens (tertiary/aromatic N) is 5. The van der Waals surface area contributed by atoms with Crippen LogP contribution in [0.25, 0.3) is 28.1 Å². The lowest BCUT2D eigenvalue weighted by atomic mass is 10.3. The van der Waals surface area contributed by atoms with Gasteiger partial charge in [-0.25, -0.2) is 14.4 Å². The lowest BCUT2D eigenvalue weighted by Gasteiger charge is -2.09. The topological polar surface area (TPSA) is 60.6 Å². The molecule has 1 N–H and O–H groups in total. The molecule has 0 unspecified atom stereocenters. The van der Waals surface area contributed by atoms with E-state index < -0.39 is 0 Å². The molecule has 7 heteroatoms. The van der Waals surface area contributed by atoms with Crippen molar-refractivity contribution in [2.75, 3.05) is 5.32 Å². The van der Waals surface area contributed by atoms with E-state index in [4.69, 9.17) is 0 Å². The van der Waals surface area contributed by atoms with E-state index in [2.05, 4.69) is 34.2 Å². The third-order valence-corrected chi connectivity index (χ3v) is 4.01. The normalized spacial score (nSPS) is 12.0. The van der Waals surface area contributed by atoms with Crippen molar-refractivity contribution in [2.45, 2.75) is 19.9 Å². The Bertz CT molecular complexity index is 1080. The predicted octanol–water partition coefficient (Wildman–Crippen LogP) is 4.50. The highest BCUT2D eigenvalue weighted by molar-refractivity contribution is 5.82. The molecule has 4 rings (SSSR count). The summed E-state index contributed by atoms with van der Waals surface area (Å²) in [7, 11) is 0. The molecule has 0 atom stereocenters. The maximum absolute atomic E-state index is 12.5. The first kappa shape index (κ1) is 15.3. The molecule has 0 radical (unpaired) electrons. The average molecular weight is 336 g/mol. The third-order valence-electron chi connectivity index (χ3n) is 4.01. The summed E-state index contributed by atoms with van der Waals surface area (Å²) in [4.78, 5) is 8.96. The Morgan fingerprint density at radius 3 is 2.80 bits per heavy atom. The van der Waals surface area contributed by atoms with Gasteiger partial charge in [-0.3, -0.25) is 4.68 Å². The third kappa shape index (κ3) is 2.73. The van der Waals surface area contributed by atoms with E-state index in [1.165, 1.54) is 6.20 Å². The summed E-state index contributed by atoms with van der Waals surface area (Å²) in [6, 6.07) is 7.91. The zero-order valence-corrected chi connectivity index (χ0v) is 13.9. The Kier molecular flexibility index (Phi) is 3.68. The molecule has 0 aliphatic heterocycles. The van der Waals surface area contributed by atoms with Crippen LogP contribution in [0.5, 0.6) is 0 Å². The fourth-order valence-electron chi connectivity index (χ4n) is 2.83. The molecule has 0 fully saturated rings. The molecule has 0 spiro atoms. The molecule has 4 aromatic rings. The lowest BCUT2D eigenvalue weighted by Crippen LogP contribution is -2.03. The van der Waals surface area contributed by atoms with Crippen LogP contribution in [0.1, 0.15) is 19.9 Å². The predicted molar refractivity (Wildman–Crippen MR) is 97.4 cm³/mol. The van der Waals surface area contributed by atoms with Gasteiger partial charge in [0.2, 0.25) is 0 Å². The Morgan fingerprint density at radius 1 is 1.12 bits per heavy atom. The number of pyridine rings is 2. The van der Waals surface area contributed by atoms with Crippen molar-refractivity contribution in [2.24, 2.45) is 0 Å². The van der Waals surface area contributed by atoms with Crippen LogP contribution in [-0.2, 0) is 0 Å². The average Bonchev–Trinajstić information content (AvgIpc) is 3.19. The molecular weight excluding hydrogens is 319 g/mol. The quantitative estimate of drug-likeness (QED) is 0.596. The molecule has 126 valence electrons. The molecule has 25 heavy (non-hydrogen) atoms. The summed E-state index contributed by atoms with van der Waals surface area (Å²) in [5.41, 5.74) is 1.68. The van der Waals surface area contributed by atoms with Crippen molar-refractivity contribution in [1.29, 1.82) is 0 Å². The molecule has 0 saturated heterocycles. The number of halogens is 1. The van der Waals surface area contributed by atoms with Gasteiger partial charge in [-0.05, 0) is 32.0 Å². The molecule has 4 heterocycles. The fraction of sp³-hybridized carbons (Fsp3) is 0.167. The Hall–Kier alpha value is -3.22. The van der Waals surface area contributed by atoms with E-state index in [0.29, 0.717) is 23.6 Å². The molecule has 0 aliphatic carbocycles. The minimum Gasteiger partial charge on any atom is -0.325 e. The standard InChI is InChI=1S/C18H17FN6/c1-12(2)25-15-9-17(20-10-14(15)11-21-25)22-16-4-3-13-5-7-24(8-6-19)18(13)23-16/h3-12H,1-2H3,(H,20,22,23)/b8-6-. The largest absolute Gasteiger partial charge is 0.325 e. The zero-order chi connectivity index (χ0) is 17.4. The van der Waals surface area contributed by atoms with Crippen LogP contribution in [0.15, 0.2) is 49.2 Å². The second kappa shape index (κ2) is 6.01. The summed E-state index contributed by atoms with van der Waals surface area (Å²) >= 11 is 0. The van der Waals surface area contributed by atoms with Crippen LogP contribution < -0.4 is 5.32 Å². The van der Waals surface area contributed by atoms with E-state index in [-0.39, 0.29) is 6.04 Å². The minimum absolute atomic E-state index is 0.262. The number of rotatable bonds is 4. The number of nitrogens with one attached hydrogen (secondary N) is 1. The van der Waals surface area contributed by atoms with Crippen molar-refractivity contribution in [3.8, 4) is 0 Å². The summed E-state index contributed by atoms with van der Waals surface area (Å²) in [5.74, 6) is 1.32. The van der Waals surface area contributed by atoms with E-state index in [1.54, 1.807) is 17.0 Å². The molecule has 4 aromatic heterocycles. The Balaban J connectivity index is 1.71. The molecule has 0 aromatic carbocycles. The van der Waals surface area contributed by atoms with Crippen LogP contribution in [-0.4, -0.2) is 24.3 Å². The van der Waals surface area contributed by atoms with Gasteiger partial charge in [-0.15, -0.1) is 0 Å². The molecule has 0 saturated carbocycles. The van der Waals surface area contributed by atoms with Gasteiger partial charge < -0.3 is 9.88 Å². The first-order valence-electron chi connectivity index (χ1n) is 8.00. The summed E-state index contributed by atoms with van der Waals surface area (Å²) in [6.45, 7) is 4.17. The molecule has 0 bridgehead atoms. The smallest absolute Gasteiger partial charge is 0.146 e. The number of fused-ring (bicyclic) bond motifs is 2. The Morgan fingerprint density at radius 2 is 2.00 bits per heavy atom. The molecule has 0 aliphatic rings. The monoisotopic (exact) mass is 336 g/mol. The fourth-order valence-corrected chi connectivity index (χ4v) is 2.83. The van der Waals surface area contributed by atoms with Gasteiger partial charge in [0.1, 0.15) is 23.6 Å². The first-order valence-corrected chi connectivity index (χ1v) is 8.00. The summed E-state index contributed by atoms with van der Waals surface area (Å²) in [6.07, 6.45) is 7.18. The highest BCUT2D eigenvalue weighted by Crippen LogP contribution is 2.23. The van der Waals surface area contributed by atoms with Crippen LogP contribution in [0.4, 0.5) is 16.0 Å². The number of anilines is 2. The van der Waals surface area contributed by atoms with Crippen molar-refractivity contribution < 1.29 is 4.39 Å². The van der Waals surface area contributed by atoms with Crippen LogP contribution in [0, 0.1) is 0 Å². The van der Waals surface area contributed by atoms with E-state index >= 15 is 0 Å². The highest BCUT2D eigenvalue weighted by atomic mass is 19.1. The maximum Gasteiger partial charge on any atom is 0.146 e. The zero-order valence-electron chi connectivity index (χ0n) is 13.9. The maximum atomic E-state index is 12.5. The van der Waals surface area contributed by atoms with E-state index in [1.807, 2.05) is 35.1 Å². The van der Waals surface area contributed by atoms with Gasteiger partial charge in [0.25, 0.3) is 0 Å². The van der Waals surface area contributed by atoms with Crippen molar-refractivity contribution >= 4 is 39.8 Å². The molecule has 0 amide bonds. The van der Waals surface area contributed by atoms with Gasteiger partial charge >= 0.3 is 0 Å². The van der Waals surface area contributed by atoms with Crippen molar-refractivity contribution in [1.82, 2.24) is 24.3 Å². The van der Waals surface area contributed by atoms with Gasteiger partial charge in [-0.1, -0.05) is 0 Å². The lowest BCUT2D eigenvalue weighted by molar-refractivity contribution is 0.551. The van der Waals surface area contributed by atoms with Crippen molar-refractivity contribution in [3.63, 3.8) is 0 Å². The van der Waals surface area contributed by atoms with E-state index in [0.717, 1.165) is 16.3 Å². The number of aromatic nitrogens is 5. The van der Waals surface area contributed by atoms with Gasteiger partial charge in [0.15, 0.2) is 0 Å². The summed E-state index contributed by atoms with van der Waals surface area (Å²) in [5, 5.41) is 9.53. The second-order valence-electron chi connectivity index (χ2n) is 6.04. The van der Waals surface area contributed by atoms with Crippen LogP contribution in [0.2, 0.25) is 0 Å². The molecule has 6 nitrogen and oxygen atoms in total. The Labute approximate surface area is 143 Å². The minimum atomic E-state index is 0.262. The van der Waals surface area contributed by atoms with E-state index in [9.17, 15) is 4.39 Å². The van der Waals surface area contributed by atoms with Crippen LogP contribution >= 0.6 is 0 Å². The van der Waals surface area contributed by atoms with Crippen molar-refractivity contribution in [3.05, 3.63) is 49.2 Å². The molecular formula is C18H17FN6. The first-order chi connectivity index (χ1) is 12.2. The van der Waals surface area contributed by atoms with Gasteiger partial charge in [0.05, 0.1) is 11.7 Å². The summed E-state index contributed by atoms with van der Waals surface area (Å²) < 4.78 is 16.1. The second-order valence-corrected chi connectivity index (χ2v) is 6.04. The number of hydrogen-bond acceptors (Lipinski definition) is 4. The van der Waals surface area contributed by atoms with Gasteiger partial charge in [0, 0.05) is 41.5 Å². The number of hydrogen-bond donors (Lipinski definition) is 1.